The lowest BCUT2D eigenvalue weighted by Crippen LogP contribution is -2.37. The largest absolute Gasteiger partial charge is 0.433 e. The number of hydrogen-bond donors (Lipinski definition) is 2. The van der Waals surface area contributed by atoms with Crippen molar-refractivity contribution in [1.29, 1.82) is 0 Å². The molecule has 150 valence electrons. The molecule has 0 saturated carbocycles. The van der Waals surface area contributed by atoms with Crippen molar-refractivity contribution >= 4 is 29.1 Å². The number of aryl methyl sites for hydroxylation is 1. The van der Waals surface area contributed by atoms with Gasteiger partial charge in [-0.15, -0.1) is 0 Å². The maximum absolute atomic E-state index is 13.2. The normalized spacial score (nSPS) is 14.6. The van der Waals surface area contributed by atoms with Crippen molar-refractivity contribution in [3.05, 3.63) is 47.2 Å². The first-order chi connectivity index (χ1) is 13.3. The molecule has 3 rings (SSSR count). The highest BCUT2D eigenvalue weighted by molar-refractivity contribution is 7.80. The number of halogens is 3. The second-order valence-corrected chi connectivity index (χ2v) is 6.73. The number of benzene rings is 1. The fourth-order valence-corrected chi connectivity index (χ4v) is 2.79. The molecule has 0 radical (unpaired) electrons. The van der Waals surface area contributed by atoms with Crippen LogP contribution >= 0.6 is 12.2 Å². The van der Waals surface area contributed by atoms with Crippen LogP contribution in [0.4, 0.5) is 24.9 Å². The van der Waals surface area contributed by atoms with Crippen LogP contribution in [0.5, 0.6) is 0 Å². The molecule has 0 aliphatic carbocycles. The number of thiocarbonyl (C=S) groups is 1. The summed E-state index contributed by atoms with van der Waals surface area (Å²) in [5.74, 6) is -0.00724. The van der Waals surface area contributed by atoms with Crippen LogP contribution < -0.4 is 15.5 Å². The zero-order valence-corrected chi connectivity index (χ0v) is 16.0. The smallest absolute Gasteiger partial charge is 0.378 e. The third-order valence-electron chi connectivity index (χ3n) is 4.14. The maximum Gasteiger partial charge on any atom is 0.433 e. The molecule has 28 heavy (non-hydrogen) atoms. The summed E-state index contributed by atoms with van der Waals surface area (Å²) in [7, 11) is 0. The van der Waals surface area contributed by atoms with Crippen LogP contribution in [0.1, 0.15) is 16.8 Å². The van der Waals surface area contributed by atoms with Crippen LogP contribution in [0.25, 0.3) is 0 Å². The number of ether oxygens (including phenoxy) is 1. The Balaban J connectivity index is 1.72. The quantitative estimate of drug-likeness (QED) is 0.750. The molecule has 10 heteroatoms. The Hall–Kier alpha value is -2.46. The van der Waals surface area contributed by atoms with Crippen molar-refractivity contribution < 1.29 is 17.9 Å². The van der Waals surface area contributed by atoms with Crippen LogP contribution in [0.3, 0.4) is 0 Å². The molecule has 2 heterocycles. The predicted molar refractivity (Wildman–Crippen MR) is 104 cm³/mol. The van der Waals surface area contributed by atoms with Crippen LogP contribution in [0.15, 0.2) is 30.3 Å². The lowest BCUT2D eigenvalue weighted by atomic mass is 10.1. The third kappa shape index (κ3) is 5.52. The zero-order chi connectivity index (χ0) is 20.1. The van der Waals surface area contributed by atoms with Crippen molar-refractivity contribution in [2.45, 2.75) is 19.6 Å². The van der Waals surface area contributed by atoms with Crippen LogP contribution in [-0.2, 0) is 17.5 Å². The minimum absolute atomic E-state index is 0.146. The molecular weight excluding hydrogens is 391 g/mol. The van der Waals surface area contributed by atoms with Gasteiger partial charge < -0.3 is 20.3 Å². The fraction of sp³-hybridized carbons (Fsp3) is 0.389. The first kappa shape index (κ1) is 20.3. The molecule has 0 atom stereocenters. The summed E-state index contributed by atoms with van der Waals surface area (Å²) < 4.78 is 45.0. The number of anilines is 2. The zero-order valence-electron chi connectivity index (χ0n) is 15.2. The summed E-state index contributed by atoms with van der Waals surface area (Å²) in [4.78, 5) is 9.50. The Kier molecular flexibility index (Phi) is 6.30. The summed E-state index contributed by atoms with van der Waals surface area (Å²) in [6, 6.07) is 8.78. The highest BCUT2D eigenvalue weighted by Gasteiger charge is 2.34. The number of morpholine rings is 1. The number of nitrogens with zero attached hydrogens (tertiary/aromatic N) is 3. The lowest BCUT2D eigenvalue weighted by Gasteiger charge is -2.28. The Morgan fingerprint density at radius 2 is 1.86 bits per heavy atom. The van der Waals surface area contributed by atoms with Gasteiger partial charge in [-0.05, 0) is 24.7 Å². The molecule has 0 bridgehead atoms. The highest BCUT2D eigenvalue weighted by atomic mass is 32.1. The molecule has 1 fully saturated rings. The number of aromatic nitrogens is 2. The predicted octanol–water partition coefficient (Wildman–Crippen LogP) is 3.13. The summed E-state index contributed by atoms with van der Waals surface area (Å²) in [5.41, 5.74) is 1.11. The van der Waals surface area contributed by atoms with E-state index < -0.39 is 11.9 Å². The van der Waals surface area contributed by atoms with Gasteiger partial charge in [0.05, 0.1) is 13.2 Å². The number of alkyl halides is 3. The van der Waals surface area contributed by atoms with Gasteiger partial charge in [-0.2, -0.15) is 18.2 Å². The van der Waals surface area contributed by atoms with Gasteiger partial charge in [0.2, 0.25) is 5.95 Å². The second-order valence-electron chi connectivity index (χ2n) is 6.33. The third-order valence-corrected chi connectivity index (χ3v) is 4.38. The van der Waals surface area contributed by atoms with Gasteiger partial charge in [0.25, 0.3) is 0 Å². The van der Waals surface area contributed by atoms with Crippen molar-refractivity contribution in [3.8, 4) is 0 Å². The molecule has 0 spiro atoms. The minimum atomic E-state index is -4.59. The first-order valence-electron chi connectivity index (χ1n) is 8.70. The molecule has 1 aromatic carbocycles. The SMILES string of the molecule is Cc1ccc(CNC(=S)Nc2nc(N3CCOCC3)cc(C(F)(F)F)n2)cc1. The van der Waals surface area contributed by atoms with E-state index in [0.717, 1.165) is 17.2 Å². The number of hydrogen-bond acceptors (Lipinski definition) is 5. The van der Waals surface area contributed by atoms with Crippen molar-refractivity contribution in [2.75, 3.05) is 36.5 Å². The van der Waals surface area contributed by atoms with E-state index in [2.05, 4.69) is 20.6 Å². The summed E-state index contributed by atoms with van der Waals surface area (Å²) in [6.45, 7) is 4.21. The Labute approximate surface area is 166 Å². The van der Waals surface area contributed by atoms with E-state index in [1.165, 1.54) is 0 Å². The lowest BCUT2D eigenvalue weighted by molar-refractivity contribution is -0.141. The summed E-state index contributed by atoms with van der Waals surface area (Å²) in [5, 5.41) is 5.75. The van der Waals surface area contributed by atoms with Crippen molar-refractivity contribution in [3.63, 3.8) is 0 Å². The van der Waals surface area contributed by atoms with Gasteiger partial charge in [-0.1, -0.05) is 29.8 Å². The minimum Gasteiger partial charge on any atom is -0.378 e. The fourth-order valence-electron chi connectivity index (χ4n) is 2.62. The second kappa shape index (κ2) is 8.70. The van der Waals surface area contributed by atoms with Crippen LogP contribution in [0.2, 0.25) is 0 Å². The topological polar surface area (TPSA) is 62.3 Å². The molecule has 1 aromatic heterocycles. The van der Waals surface area contributed by atoms with E-state index in [1.807, 2.05) is 31.2 Å². The molecule has 1 aliphatic heterocycles. The molecule has 0 unspecified atom stereocenters. The van der Waals surface area contributed by atoms with E-state index in [9.17, 15) is 13.2 Å². The average Bonchev–Trinajstić information content (AvgIpc) is 2.67. The number of rotatable bonds is 4. The molecular formula is C18H20F3N5OS. The van der Waals surface area contributed by atoms with Gasteiger partial charge in [0, 0.05) is 25.7 Å². The van der Waals surface area contributed by atoms with E-state index in [0.29, 0.717) is 32.8 Å². The van der Waals surface area contributed by atoms with E-state index >= 15 is 0 Å². The van der Waals surface area contributed by atoms with E-state index in [-0.39, 0.29) is 16.9 Å². The van der Waals surface area contributed by atoms with E-state index in [4.69, 9.17) is 17.0 Å². The van der Waals surface area contributed by atoms with Crippen molar-refractivity contribution in [1.82, 2.24) is 15.3 Å². The summed E-state index contributed by atoms with van der Waals surface area (Å²) >= 11 is 5.18. The van der Waals surface area contributed by atoms with Gasteiger partial charge in [-0.25, -0.2) is 4.98 Å². The Morgan fingerprint density at radius 3 is 2.50 bits per heavy atom. The molecule has 1 saturated heterocycles. The standard InChI is InChI=1S/C18H20F3N5OS/c1-12-2-4-13(5-3-12)11-22-17(28)25-16-23-14(18(19,20)21)10-15(24-16)26-6-8-27-9-7-26/h2-5,10H,6-9,11H2,1H3,(H2,22,23,24,25,28). The molecule has 6 nitrogen and oxygen atoms in total. The Bertz CT molecular complexity index is 823. The highest BCUT2D eigenvalue weighted by Crippen LogP contribution is 2.30. The molecule has 2 aromatic rings. The van der Waals surface area contributed by atoms with Gasteiger partial charge in [0.1, 0.15) is 5.82 Å². The molecule has 1 aliphatic rings. The average molecular weight is 411 g/mol. The van der Waals surface area contributed by atoms with Gasteiger partial charge >= 0.3 is 6.18 Å². The van der Waals surface area contributed by atoms with Gasteiger partial charge in [-0.3, -0.25) is 0 Å². The summed E-state index contributed by atoms with van der Waals surface area (Å²) in [6.07, 6.45) is -4.59. The number of nitrogens with one attached hydrogen (secondary N) is 2. The monoisotopic (exact) mass is 411 g/mol. The van der Waals surface area contributed by atoms with E-state index in [1.54, 1.807) is 4.90 Å². The Morgan fingerprint density at radius 1 is 1.18 bits per heavy atom. The van der Waals surface area contributed by atoms with Crippen molar-refractivity contribution in [2.24, 2.45) is 0 Å². The van der Waals surface area contributed by atoms with Crippen LogP contribution in [-0.4, -0.2) is 41.4 Å². The molecule has 0 amide bonds. The first-order valence-corrected chi connectivity index (χ1v) is 9.11. The van der Waals surface area contributed by atoms with Gasteiger partial charge in [0.15, 0.2) is 10.8 Å². The maximum atomic E-state index is 13.2. The molecule has 2 N–H and O–H groups in total. The van der Waals surface area contributed by atoms with Crippen LogP contribution in [0, 0.1) is 6.92 Å².